The zero-order valence-corrected chi connectivity index (χ0v) is 11.5. The van der Waals surface area contributed by atoms with Crippen LogP contribution in [0.15, 0.2) is 42.5 Å². The highest BCUT2D eigenvalue weighted by atomic mass is 19.1. The molecule has 0 saturated heterocycles. The van der Waals surface area contributed by atoms with E-state index in [0.29, 0.717) is 5.69 Å². The van der Waals surface area contributed by atoms with Crippen molar-refractivity contribution in [2.45, 2.75) is 19.9 Å². The molecule has 0 unspecified atom stereocenters. The van der Waals surface area contributed by atoms with Crippen molar-refractivity contribution in [2.75, 3.05) is 11.9 Å². The summed E-state index contributed by atoms with van der Waals surface area (Å²) in [5, 5.41) is 0. The highest BCUT2D eigenvalue weighted by Crippen LogP contribution is 2.32. The van der Waals surface area contributed by atoms with Crippen molar-refractivity contribution < 1.29 is 4.39 Å². The van der Waals surface area contributed by atoms with E-state index in [4.69, 9.17) is 5.73 Å². The Morgan fingerprint density at radius 2 is 1.84 bits per heavy atom. The lowest BCUT2D eigenvalue weighted by Crippen LogP contribution is -2.17. The molecule has 0 saturated carbocycles. The quantitative estimate of drug-likeness (QED) is 0.904. The number of para-hydroxylation sites is 1. The van der Waals surface area contributed by atoms with Gasteiger partial charge in [-0.3, -0.25) is 0 Å². The Balaban J connectivity index is 2.52. The van der Waals surface area contributed by atoms with E-state index in [1.165, 1.54) is 6.07 Å². The largest absolute Gasteiger partial charge is 0.342 e. The molecule has 3 heteroatoms. The van der Waals surface area contributed by atoms with E-state index in [9.17, 15) is 4.39 Å². The first kappa shape index (κ1) is 13.6. The maximum atomic E-state index is 14.1. The van der Waals surface area contributed by atoms with Gasteiger partial charge in [0.15, 0.2) is 0 Å². The monoisotopic (exact) mass is 258 g/mol. The fourth-order valence-electron chi connectivity index (χ4n) is 2.22. The molecule has 0 amide bonds. The van der Waals surface area contributed by atoms with Crippen LogP contribution in [-0.2, 0) is 0 Å². The van der Waals surface area contributed by atoms with Gasteiger partial charge in [-0.15, -0.1) is 0 Å². The summed E-state index contributed by atoms with van der Waals surface area (Å²) in [6.07, 6.45) is 0. The fourth-order valence-corrected chi connectivity index (χ4v) is 2.22. The predicted octanol–water partition coefficient (Wildman–Crippen LogP) is 3.92. The third-order valence-corrected chi connectivity index (χ3v) is 3.23. The Morgan fingerprint density at radius 3 is 2.47 bits per heavy atom. The third kappa shape index (κ3) is 2.76. The van der Waals surface area contributed by atoms with Crippen molar-refractivity contribution in [1.29, 1.82) is 0 Å². The second-order valence-corrected chi connectivity index (χ2v) is 4.86. The van der Waals surface area contributed by atoms with Gasteiger partial charge >= 0.3 is 0 Å². The lowest BCUT2D eigenvalue weighted by Gasteiger charge is -2.25. The molecule has 1 atom stereocenters. The molecular weight excluding hydrogens is 239 g/mol. The first-order valence-electron chi connectivity index (χ1n) is 6.35. The predicted molar refractivity (Wildman–Crippen MR) is 78.2 cm³/mol. The average Bonchev–Trinajstić information content (AvgIpc) is 2.37. The Hall–Kier alpha value is -1.87. The molecule has 0 radical (unpaired) electrons. The van der Waals surface area contributed by atoms with Crippen molar-refractivity contribution in [3.8, 4) is 0 Å². The zero-order valence-electron chi connectivity index (χ0n) is 11.5. The van der Waals surface area contributed by atoms with Gasteiger partial charge in [0.25, 0.3) is 0 Å². The fraction of sp³-hybridized carbons (Fsp3) is 0.250. The number of hydrogen-bond acceptors (Lipinski definition) is 2. The van der Waals surface area contributed by atoms with Gasteiger partial charge in [0.05, 0.1) is 5.69 Å². The summed E-state index contributed by atoms with van der Waals surface area (Å²) in [5.41, 5.74) is 9.38. The molecule has 2 rings (SSSR count). The Bertz CT molecular complexity index is 579. The van der Waals surface area contributed by atoms with Crippen LogP contribution in [0.5, 0.6) is 0 Å². The molecule has 0 bridgehead atoms. The first-order chi connectivity index (χ1) is 9.00. The summed E-state index contributed by atoms with van der Waals surface area (Å²) in [5.74, 6) is -0.251. The minimum absolute atomic E-state index is 0.210. The second-order valence-electron chi connectivity index (χ2n) is 4.86. The molecule has 0 spiro atoms. The van der Waals surface area contributed by atoms with Crippen LogP contribution in [0, 0.1) is 12.7 Å². The molecule has 19 heavy (non-hydrogen) atoms. The number of anilines is 2. The molecule has 0 aliphatic heterocycles. The molecule has 0 aliphatic rings. The normalized spacial score (nSPS) is 12.3. The Kier molecular flexibility index (Phi) is 3.86. The summed E-state index contributed by atoms with van der Waals surface area (Å²) in [6.45, 7) is 3.88. The number of halogens is 1. The summed E-state index contributed by atoms with van der Waals surface area (Å²) >= 11 is 0. The van der Waals surface area contributed by atoms with Crippen molar-refractivity contribution >= 4 is 11.4 Å². The van der Waals surface area contributed by atoms with E-state index in [-0.39, 0.29) is 11.9 Å². The number of nitrogens with zero attached hydrogens (tertiary/aromatic N) is 1. The number of aryl methyl sites for hydroxylation is 1. The first-order valence-corrected chi connectivity index (χ1v) is 6.35. The van der Waals surface area contributed by atoms with Gasteiger partial charge in [-0.1, -0.05) is 24.3 Å². The van der Waals surface area contributed by atoms with Crippen LogP contribution in [0.1, 0.15) is 24.1 Å². The molecule has 0 aromatic heterocycles. The van der Waals surface area contributed by atoms with Crippen molar-refractivity contribution in [3.63, 3.8) is 0 Å². The van der Waals surface area contributed by atoms with Gasteiger partial charge in [-0.2, -0.15) is 0 Å². The van der Waals surface area contributed by atoms with Gasteiger partial charge in [0.1, 0.15) is 5.82 Å². The maximum Gasteiger partial charge on any atom is 0.147 e. The second kappa shape index (κ2) is 5.41. The van der Waals surface area contributed by atoms with Crippen LogP contribution >= 0.6 is 0 Å². The molecule has 2 N–H and O–H groups in total. The van der Waals surface area contributed by atoms with Gasteiger partial charge in [0, 0.05) is 18.8 Å². The smallest absolute Gasteiger partial charge is 0.147 e. The molecule has 2 aromatic rings. The summed E-state index contributed by atoms with van der Waals surface area (Å²) in [6, 6.07) is 12.8. The van der Waals surface area contributed by atoms with Crippen molar-refractivity contribution in [3.05, 3.63) is 59.4 Å². The van der Waals surface area contributed by atoms with Gasteiger partial charge in [-0.25, -0.2) is 4.39 Å². The van der Waals surface area contributed by atoms with Crippen LogP contribution in [0.3, 0.4) is 0 Å². The molecule has 100 valence electrons. The third-order valence-electron chi connectivity index (χ3n) is 3.23. The van der Waals surface area contributed by atoms with Crippen LogP contribution in [0.4, 0.5) is 15.8 Å². The number of nitrogens with two attached hydrogens (primary N) is 1. The van der Waals surface area contributed by atoms with Gasteiger partial charge < -0.3 is 10.6 Å². The van der Waals surface area contributed by atoms with Crippen LogP contribution in [0.25, 0.3) is 0 Å². The summed E-state index contributed by atoms with van der Waals surface area (Å²) in [4.78, 5) is 1.85. The lowest BCUT2D eigenvalue weighted by atomic mass is 10.0. The molecule has 0 heterocycles. The Labute approximate surface area is 113 Å². The SMILES string of the molecule is Cc1cccc(N(C)c2c(F)cccc2[C@@H](C)N)c1. The van der Waals surface area contributed by atoms with E-state index >= 15 is 0 Å². The highest BCUT2D eigenvalue weighted by molar-refractivity contribution is 5.67. The number of hydrogen-bond donors (Lipinski definition) is 1. The number of rotatable bonds is 3. The lowest BCUT2D eigenvalue weighted by molar-refractivity contribution is 0.622. The average molecular weight is 258 g/mol. The van der Waals surface area contributed by atoms with E-state index in [0.717, 1.165) is 16.8 Å². The minimum atomic E-state index is -0.251. The Morgan fingerprint density at radius 1 is 1.16 bits per heavy atom. The van der Waals surface area contributed by atoms with Crippen LogP contribution < -0.4 is 10.6 Å². The van der Waals surface area contributed by atoms with Gasteiger partial charge in [-0.05, 0) is 43.2 Å². The molecule has 0 aliphatic carbocycles. The van der Waals surface area contributed by atoms with E-state index in [1.54, 1.807) is 6.07 Å². The highest BCUT2D eigenvalue weighted by Gasteiger charge is 2.16. The van der Waals surface area contributed by atoms with E-state index in [1.807, 2.05) is 56.1 Å². The zero-order chi connectivity index (χ0) is 14.0. The standard InChI is InChI=1S/C16H19FN2/c1-11-6-4-7-13(10-11)19(3)16-14(12(2)18)8-5-9-15(16)17/h4-10,12H,18H2,1-3H3/t12-/m1/s1. The summed E-state index contributed by atoms with van der Waals surface area (Å²) in [7, 11) is 1.86. The minimum Gasteiger partial charge on any atom is -0.342 e. The molecule has 2 nitrogen and oxygen atoms in total. The van der Waals surface area contributed by atoms with Crippen molar-refractivity contribution in [1.82, 2.24) is 0 Å². The van der Waals surface area contributed by atoms with Gasteiger partial charge in [0.2, 0.25) is 0 Å². The molecule has 2 aromatic carbocycles. The van der Waals surface area contributed by atoms with E-state index in [2.05, 4.69) is 0 Å². The van der Waals surface area contributed by atoms with Crippen LogP contribution in [-0.4, -0.2) is 7.05 Å². The maximum absolute atomic E-state index is 14.1. The number of benzene rings is 2. The molecule has 0 fully saturated rings. The van der Waals surface area contributed by atoms with Crippen LogP contribution in [0.2, 0.25) is 0 Å². The topological polar surface area (TPSA) is 29.3 Å². The van der Waals surface area contributed by atoms with E-state index < -0.39 is 0 Å². The van der Waals surface area contributed by atoms with Crippen molar-refractivity contribution in [2.24, 2.45) is 5.73 Å². The molecular formula is C16H19FN2. The summed E-state index contributed by atoms with van der Waals surface area (Å²) < 4.78 is 14.1.